The highest BCUT2D eigenvalue weighted by Crippen LogP contribution is 2.37. The molecule has 7 nitrogen and oxygen atoms in total. The second-order valence-corrected chi connectivity index (χ2v) is 8.53. The summed E-state index contributed by atoms with van der Waals surface area (Å²) in [6, 6.07) is 0. The lowest BCUT2D eigenvalue weighted by molar-refractivity contribution is -0.126. The van der Waals surface area contributed by atoms with Gasteiger partial charge in [0.1, 0.15) is 6.10 Å². The lowest BCUT2D eigenvalue weighted by Crippen LogP contribution is -2.34. The van der Waals surface area contributed by atoms with E-state index in [-0.39, 0.29) is 42.4 Å². The molecule has 1 saturated heterocycles. The van der Waals surface area contributed by atoms with Gasteiger partial charge in [0.25, 0.3) is 0 Å². The van der Waals surface area contributed by atoms with Gasteiger partial charge in [0.15, 0.2) is 6.29 Å². The topological polar surface area (TPSA) is 89.9 Å². The Morgan fingerprint density at radius 2 is 1.55 bits per heavy atom. The van der Waals surface area contributed by atoms with Gasteiger partial charge in [0, 0.05) is 46.7 Å². The third-order valence-electron chi connectivity index (χ3n) is 6.29. The summed E-state index contributed by atoms with van der Waals surface area (Å²) in [4.78, 5) is 0. The van der Waals surface area contributed by atoms with Crippen LogP contribution in [0.3, 0.4) is 0 Å². The van der Waals surface area contributed by atoms with Crippen LogP contribution in [0, 0.1) is 11.8 Å². The van der Waals surface area contributed by atoms with Crippen LogP contribution in [-0.2, 0) is 23.7 Å². The molecule has 0 aliphatic carbocycles. The van der Waals surface area contributed by atoms with Crippen molar-refractivity contribution in [3.8, 4) is 0 Å². The van der Waals surface area contributed by atoms with Gasteiger partial charge in [-0.1, -0.05) is 44.6 Å². The van der Waals surface area contributed by atoms with Crippen LogP contribution in [0.25, 0.3) is 0 Å². The van der Waals surface area contributed by atoms with Crippen LogP contribution < -0.4 is 0 Å². The summed E-state index contributed by atoms with van der Waals surface area (Å²) in [6.07, 6.45) is 6.03. The van der Waals surface area contributed by atoms with Gasteiger partial charge in [-0.25, -0.2) is 0 Å². The molecule has 0 spiro atoms. The van der Waals surface area contributed by atoms with E-state index in [0.29, 0.717) is 12.8 Å². The maximum atomic E-state index is 10.7. The number of rotatable bonds is 16. The third kappa shape index (κ3) is 8.92. The zero-order chi connectivity index (χ0) is 23.6. The first kappa shape index (κ1) is 28.2. The highest BCUT2D eigenvalue weighted by Gasteiger charge is 2.50. The molecule has 1 aliphatic rings. The second-order valence-electron chi connectivity index (χ2n) is 8.53. The maximum Gasteiger partial charge on any atom is 0.156 e. The Bertz CT molecular complexity index is 546. The Morgan fingerprint density at radius 1 is 0.935 bits per heavy atom. The molecule has 1 fully saturated rings. The number of epoxide rings is 1. The normalized spacial score (nSPS) is 26.3. The van der Waals surface area contributed by atoms with Crippen LogP contribution in [0.15, 0.2) is 23.8 Å². The van der Waals surface area contributed by atoms with Gasteiger partial charge >= 0.3 is 0 Å². The molecule has 7 unspecified atom stereocenters. The summed E-state index contributed by atoms with van der Waals surface area (Å²) in [5.74, 6) is 0.222. The highest BCUT2D eigenvalue weighted by atomic mass is 16.6. The van der Waals surface area contributed by atoms with Gasteiger partial charge in [-0.3, -0.25) is 0 Å². The van der Waals surface area contributed by atoms with Crippen LogP contribution in [0.1, 0.15) is 47.0 Å². The average Bonchev–Trinajstić information content (AvgIpc) is 3.56. The summed E-state index contributed by atoms with van der Waals surface area (Å²) in [5, 5.41) is 20.4. The minimum Gasteiger partial charge on any atom is -0.390 e. The quantitative estimate of drug-likeness (QED) is 0.215. The molecule has 1 heterocycles. The zero-order valence-electron chi connectivity index (χ0n) is 20.5. The van der Waals surface area contributed by atoms with Crippen molar-refractivity contribution in [1.29, 1.82) is 0 Å². The molecule has 0 amide bonds. The minimum atomic E-state index is -0.887. The van der Waals surface area contributed by atoms with Gasteiger partial charge in [-0.05, 0) is 19.8 Å². The molecule has 7 heteroatoms. The van der Waals surface area contributed by atoms with Crippen LogP contribution in [0.4, 0.5) is 0 Å². The number of methoxy groups -OCH3 is 4. The van der Waals surface area contributed by atoms with Crippen molar-refractivity contribution in [3.63, 3.8) is 0 Å². The second kappa shape index (κ2) is 14.4. The fourth-order valence-electron chi connectivity index (χ4n) is 4.05. The molecule has 0 aromatic rings. The molecule has 0 radical (unpaired) electrons. The highest BCUT2D eigenvalue weighted by molar-refractivity contribution is 5.13. The van der Waals surface area contributed by atoms with Gasteiger partial charge in [0.05, 0.1) is 30.5 Å². The number of aliphatic hydroxyl groups excluding tert-OH is 2. The predicted octanol–water partition coefficient (Wildman–Crippen LogP) is 3.09. The van der Waals surface area contributed by atoms with Crippen LogP contribution in [0.5, 0.6) is 0 Å². The van der Waals surface area contributed by atoms with E-state index in [1.165, 1.54) is 7.11 Å². The predicted molar refractivity (Wildman–Crippen MR) is 121 cm³/mol. The van der Waals surface area contributed by atoms with Crippen molar-refractivity contribution in [3.05, 3.63) is 23.8 Å². The molecule has 1 rings (SSSR count). The number of hydrogen-bond donors (Lipinski definition) is 2. The molecule has 31 heavy (non-hydrogen) atoms. The van der Waals surface area contributed by atoms with Crippen molar-refractivity contribution >= 4 is 0 Å². The minimum absolute atomic E-state index is 0.0318. The first-order chi connectivity index (χ1) is 14.7. The maximum absolute atomic E-state index is 10.7. The van der Waals surface area contributed by atoms with Crippen molar-refractivity contribution < 1.29 is 33.9 Å². The van der Waals surface area contributed by atoms with E-state index in [4.69, 9.17) is 23.7 Å². The third-order valence-corrected chi connectivity index (χ3v) is 6.29. The van der Waals surface area contributed by atoms with Crippen molar-refractivity contribution in [1.82, 2.24) is 0 Å². The fourth-order valence-corrected chi connectivity index (χ4v) is 4.05. The van der Waals surface area contributed by atoms with Crippen LogP contribution in [0.2, 0.25) is 0 Å². The molecule has 0 saturated carbocycles. The summed E-state index contributed by atoms with van der Waals surface area (Å²) < 4.78 is 27.3. The number of allylic oxidation sites excluding steroid dienone is 2. The van der Waals surface area contributed by atoms with E-state index in [1.807, 2.05) is 32.1 Å². The first-order valence-corrected chi connectivity index (χ1v) is 11.2. The number of aliphatic hydroxyl groups is 2. The van der Waals surface area contributed by atoms with E-state index < -0.39 is 12.4 Å². The van der Waals surface area contributed by atoms with Crippen LogP contribution in [-0.4, -0.2) is 81.6 Å². The van der Waals surface area contributed by atoms with Crippen molar-refractivity contribution in [2.75, 3.05) is 28.4 Å². The summed E-state index contributed by atoms with van der Waals surface area (Å²) in [7, 11) is 6.42. The lowest BCUT2D eigenvalue weighted by Gasteiger charge is -2.26. The Hall–Kier alpha value is -0.800. The summed E-state index contributed by atoms with van der Waals surface area (Å²) in [5.41, 5.74) is 1.11. The van der Waals surface area contributed by atoms with Gasteiger partial charge in [-0.15, -0.1) is 0 Å². The molecular weight excluding hydrogens is 400 g/mol. The lowest BCUT2D eigenvalue weighted by atomic mass is 9.91. The van der Waals surface area contributed by atoms with Crippen molar-refractivity contribution in [2.45, 2.75) is 89.9 Å². The molecule has 0 bridgehead atoms. The number of hydrogen-bond acceptors (Lipinski definition) is 7. The van der Waals surface area contributed by atoms with Gasteiger partial charge in [-0.2, -0.15) is 0 Å². The smallest absolute Gasteiger partial charge is 0.156 e. The van der Waals surface area contributed by atoms with Crippen LogP contribution >= 0.6 is 0 Å². The van der Waals surface area contributed by atoms with Gasteiger partial charge < -0.3 is 33.9 Å². The molecular formula is C24H44O7. The Kier molecular flexibility index (Phi) is 13.1. The molecule has 9 atom stereocenters. The van der Waals surface area contributed by atoms with E-state index in [1.54, 1.807) is 21.3 Å². The van der Waals surface area contributed by atoms with E-state index in [2.05, 4.69) is 13.8 Å². The fraction of sp³-hybridized carbons (Fsp3) is 0.833. The SMILES string of the molecule is CCC(OC)C(C)C1OC1C(O)C(C)/C=C/C=C(\C)C[C@H](OC)C(C[C@@H](O)OC)OC. The average molecular weight is 445 g/mol. The van der Waals surface area contributed by atoms with Gasteiger partial charge in [0.2, 0.25) is 0 Å². The van der Waals surface area contributed by atoms with E-state index in [0.717, 1.165) is 12.0 Å². The molecule has 1 aliphatic heterocycles. The van der Waals surface area contributed by atoms with Crippen molar-refractivity contribution in [2.24, 2.45) is 11.8 Å². The van der Waals surface area contributed by atoms with E-state index >= 15 is 0 Å². The summed E-state index contributed by atoms with van der Waals surface area (Å²) in [6.45, 7) is 8.23. The monoisotopic (exact) mass is 444 g/mol. The zero-order valence-corrected chi connectivity index (χ0v) is 20.5. The Balaban J connectivity index is 2.58. The summed E-state index contributed by atoms with van der Waals surface area (Å²) >= 11 is 0. The standard InChI is InChI=1S/C24H44O7/c1-9-18(27-5)17(4)23-24(31-23)22(26)16(3)12-10-11-15(2)13-19(28-6)20(29-7)14-21(25)30-8/h10-12,16-26H,9,13-14H2,1-8H3/b12-10+,15-11+/t16?,17?,18?,19-,20?,21-,22?,23?,24?/m0/s1. The number of ether oxygens (including phenoxy) is 5. The molecule has 0 aromatic carbocycles. The van der Waals surface area contributed by atoms with E-state index in [9.17, 15) is 10.2 Å². The molecule has 2 N–H and O–H groups in total. The Labute approximate surface area is 188 Å². The Morgan fingerprint density at radius 3 is 2.06 bits per heavy atom. The molecule has 0 aromatic heterocycles. The first-order valence-electron chi connectivity index (χ1n) is 11.2. The largest absolute Gasteiger partial charge is 0.390 e. The molecule has 182 valence electrons.